The van der Waals surface area contributed by atoms with Crippen LogP contribution in [0.25, 0.3) is 0 Å². The summed E-state index contributed by atoms with van der Waals surface area (Å²) < 4.78 is 0. The van der Waals surface area contributed by atoms with Crippen LogP contribution in [-0.2, 0) is 41.7 Å². The van der Waals surface area contributed by atoms with Crippen LogP contribution >= 0.6 is 0 Å². The van der Waals surface area contributed by atoms with E-state index in [2.05, 4.69) is 41.6 Å². The quantitative estimate of drug-likeness (QED) is 0.150. The molecule has 17 nitrogen and oxygen atoms in total. The maximum absolute atomic E-state index is 13.8. The molecule has 214 valence electrons. The van der Waals surface area contributed by atoms with Crippen molar-refractivity contribution >= 4 is 41.3 Å². The van der Waals surface area contributed by atoms with E-state index in [1.807, 2.05) is 0 Å². The van der Waals surface area contributed by atoms with Crippen LogP contribution < -0.4 is 26.6 Å². The highest BCUT2D eigenvalue weighted by Gasteiger charge is 2.43. The number of nitrogens with two attached hydrogens (primary N) is 1. The number of fused-ring (bicyclic) bond motifs is 1. The van der Waals surface area contributed by atoms with Crippen molar-refractivity contribution in [2.75, 3.05) is 4.90 Å². The average molecular weight is 559 g/mol. The lowest BCUT2D eigenvalue weighted by atomic mass is 10.0. The van der Waals surface area contributed by atoms with Gasteiger partial charge in [0.15, 0.2) is 5.82 Å². The van der Waals surface area contributed by atoms with Gasteiger partial charge in [0.1, 0.15) is 23.9 Å². The third-order valence-corrected chi connectivity index (χ3v) is 6.02. The lowest BCUT2D eigenvalue weighted by Crippen LogP contribution is -2.59. The van der Waals surface area contributed by atoms with E-state index in [1.54, 1.807) is 26.0 Å². The minimum Gasteiger partial charge on any atom is -0.481 e. The lowest BCUT2D eigenvalue weighted by molar-refractivity contribution is -0.139. The predicted octanol–water partition coefficient (Wildman–Crippen LogP) is -2.47. The Morgan fingerprint density at radius 1 is 1.18 bits per heavy atom. The van der Waals surface area contributed by atoms with Crippen molar-refractivity contribution in [1.29, 1.82) is 0 Å². The number of aliphatic carboxylic acids is 1. The first-order chi connectivity index (χ1) is 19.0. The van der Waals surface area contributed by atoms with Gasteiger partial charge in [-0.1, -0.05) is 25.1 Å². The molecule has 40 heavy (non-hydrogen) atoms. The van der Waals surface area contributed by atoms with Crippen molar-refractivity contribution in [3.8, 4) is 0 Å². The van der Waals surface area contributed by atoms with E-state index < -0.39 is 72.4 Å². The van der Waals surface area contributed by atoms with Crippen LogP contribution in [0, 0.1) is 5.92 Å². The van der Waals surface area contributed by atoms with Crippen LogP contribution in [-0.4, -0.2) is 84.3 Å². The monoisotopic (exact) mass is 558 g/mol. The van der Waals surface area contributed by atoms with Crippen molar-refractivity contribution in [3.63, 3.8) is 0 Å². The molecule has 0 spiro atoms. The van der Waals surface area contributed by atoms with Gasteiger partial charge in [-0.3, -0.25) is 33.7 Å². The van der Waals surface area contributed by atoms with E-state index in [-0.39, 0.29) is 31.0 Å². The van der Waals surface area contributed by atoms with E-state index in [9.17, 15) is 28.8 Å². The number of anilines is 1. The van der Waals surface area contributed by atoms with Gasteiger partial charge in [0, 0.05) is 19.0 Å². The van der Waals surface area contributed by atoms with Gasteiger partial charge >= 0.3 is 5.97 Å². The predicted molar refractivity (Wildman–Crippen MR) is 135 cm³/mol. The molecule has 0 radical (unpaired) electrons. The molecule has 0 fully saturated rings. The molecule has 7 N–H and O–H groups in total. The molecule has 0 aromatic carbocycles. The lowest BCUT2D eigenvalue weighted by Gasteiger charge is -2.30. The summed E-state index contributed by atoms with van der Waals surface area (Å²) in [6, 6.07) is -0.388. The summed E-state index contributed by atoms with van der Waals surface area (Å²) in [6.07, 6.45) is 0.156. The number of carbonyl (C=O) groups excluding carboxylic acids is 5. The summed E-state index contributed by atoms with van der Waals surface area (Å²) in [5.41, 5.74) is 5.97. The van der Waals surface area contributed by atoms with Crippen LogP contribution in [0.3, 0.4) is 0 Å². The number of aromatic amines is 1. The highest BCUT2D eigenvalue weighted by atomic mass is 16.4. The van der Waals surface area contributed by atoms with Gasteiger partial charge in [-0.15, -0.1) is 10.2 Å². The number of carbonyl (C=O) groups is 6. The van der Waals surface area contributed by atoms with Gasteiger partial charge in [-0.05, 0) is 17.5 Å². The molecule has 3 atom stereocenters. The second kappa shape index (κ2) is 13.2. The SMILES string of the molecule is CC(C)[C@H](NC(=O)CCC(=O)O)C(=O)N[C@@H](CC(N)=O)C(=O)N1c2ncccc2C[C@H]1C(=O)NCc1nn[nH]n1. The van der Waals surface area contributed by atoms with Crippen LogP contribution in [0.5, 0.6) is 0 Å². The number of amides is 5. The molecule has 5 amide bonds. The molecule has 2 aromatic rings. The van der Waals surface area contributed by atoms with Crippen molar-refractivity contribution in [3.05, 3.63) is 29.7 Å². The largest absolute Gasteiger partial charge is 0.481 e. The maximum Gasteiger partial charge on any atom is 0.303 e. The molecule has 0 saturated carbocycles. The first-order valence-corrected chi connectivity index (χ1v) is 12.3. The topological polar surface area (TPSA) is 255 Å². The Kier molecular flexibility index (Phi) is 9.77. The second-order valence-electron chi connectivity index (χ2n) is 9.37. The maximum atomic E-state index is 13.8. The van der Waals surface area contributed by atoms with E-state index in [4.69, 9.17) is 10.8 Å². The number of nitrogens with zero attached hydrogens (tertiary/aromatic N) is 5. The highest BCUT2D eigenvalue weighted by Crippen LogP contribution is 2.31. The Morgan fingerprint density at radius 3 is 2.55 bits per heavy atom. The molecule has 0 unspecified atom stereocenters. The summed E-state index contributed by atoms with van der Waals surface area (Å²) in [4.78, 5) is 80.3. The fraction of sp³-hybridized carbons (Fsp3) is 0.478. The second-order valence-corrected chi connectivity index (χ2v) is 9.37. The standard InChI is InChI=1S/C23H30N10O7/c1-11(2)19(28-17(35)5-6-18(36)37)22(39)27-13(9-15(24)34)23(40)33-14(8-12-4-3-7-25-20(12)33)21(38)26-10-16-29-31-32-30-16/h3-4,7,11,13-14,19H,5-6,8-10H2,1-2H3,(H2,24,34)(H,26,38)(H,27,39)(H,28,35)(H,36,37)(H,29,30,31,32)/t13-,14-,19-/m0/s1. The Morgan fingerprint density at radius 2 is 1.93 bits per heavy atom. The summed E-state index contributed by atoms with van der Waals surface area (Å²) >= 11 is 0. The first-order valence-electron chi connectivity index (χ1n) is 12.3. The summed E-state index contributed by atoms with van der Waals surface area (Å²) in [7, 11) is 0. The summed E-state index contributed by atoms with van der Waals surface area (Å²) in [6.45, 7) is 3.20. The third-order valence-electron chi connectivity index (χ3n) is 6.02. The van der Waals surface area contributed by atoms with E-state index >= 15 is 0 Å². The Labute approximate surface area is 227 Å². The average Bonchev–Trinajstić information content (AvgIpc) is 3.56. The van der Waals surface area contributed by atoms with Gasteiger partial charge < -0.3 is 26.8 Å². The zero-order valence-corrected chi connectivity index (χ0v) is 21.8. The van der Waals surface area contributed by atoms with Crippen molar-refractivity contribution in [1.82, 2.24) is 41.6 Å². The zero-order valence-electron chi connectivity index (χ0n) is 21.8. The number of pyridine rings is 1. The molecule has 17 heteroatoms. The van der Waals surface area contributed by atoms with Crippen molar-refractivity contribution in [2.45, 2.75) is 64.2 Å². The Balaban J connectivity index is 1.82. The highest BCUT2D eigenvalue weighted by molar-refractivity contribution is 6.07. The number of hydrogen-bond acceptors (Lipinski definition) is 10. The minimum atomic E-state index is -1.50. The number of primary amides is 1. The number of carboxylic acids is 1. The summed E-state index contributed by atoms with van der Waals surface area (Å²) in [5.74, 6) is -5.00. The molecule has 0 aliphatic carbocycles. The van der Waals surface area contributed by atoms with E-state index in [1.165, 1.54) is 6.20 Å². The van der Waals surface area contributed by atoms with Gasteiger partial charge in [-0.2, -0.15) is 5.21 Å². The molecule has 3 heterocycles. The smallest absolute Gasteiger partial charge is 0.303 e. The molecular formula is C23H30N10O7. The minimum absolute atomic E-state index is 0.0727. The fourth-order valence-electron chi connectivity index (χ4n) is 4.09. The molecule has 2 aromatic heterocycles. The molecule has 1 aliphatic rings. The number of aromatic nitrogens is 5. The summed E-state index contributed by atoms with van der Waals surface area (Å²) in [5, 5.41) is 29.6. The van der Waals surface area contributed by atoms with Gasteiger partial charge in [0.05, 0.1) is 19.4 Å². The molecule has 0 bridgehead atoms. The van der Waals surface area contributed by atoms with Crippen LogP contribution in [0.1, 0.15) is 44.5 Å². The number of hydrogen-bond donors (Lipinski definition) is 6. The van der Waals surface area contributed by atoms with E-state index in [0.29, 0.717) is 5.56 Å². The first kappa shape index (κ1) is 29.6. The van der Waals surface area contributed by atoms with Crippen LogP contribution in [0.4, 0.5) is 5.82 Å². The van der Waals surface area contributed by atoms with Crippen LogP contribution in [0.2, 0.25) is 0 Å². The normalized spacial score (nSPS) is 15.6. The number of nitrogens with one attached hydrogen (secondary N) is 4. The molecule has 1 aliphatic heterocycles. The zero-order chi connectivity index (χ0) is 29.4. The molecular weight excluding hydrogens is 528 g/mol. The van der Waals surface area contributed by atoms with Crippen LogP contribution in [0.15, 0.2) is 18.3 Å². The molecule has 3 rings (SSSR count). The third kappa shape index (κ3) is 7.55. The number of H-pyrrole nitrogens is 1. The number of tetrazole rings is 1. The van der Waals surface area contributed by atoms with Crippen molar-refractivity contribution in [2.24, 2.45) is 11.7 Å². The van der Waals surface area contributed by atoms with Gasteiger partial charge in [-0.25, -0.2) is 4.98 Å². The molecule has 0 saturated heterocycles. The van der Waals surface area contributed by atoms with E-state index in [0.717, 1.165) is 4.90 Å². The van der Waals surface area contributed by atoms with Gasteiger partial charge in [0.25, 0.3) is 5.91 Å². The fourth-order valence-corrected chi connectivity index (χ4v) is 4.09. The Hall–Kier alpha value is -4.96. The Bertz CT molecular complexity index is 1270. The van der Waals surface area contributed by atoms with Crippen molar-refractivity contribution < 1.29 is 33.9 Å². The van der Waals surface area contributed by atoms with Gasteiger partial charge in [0.2, 0.25) is 23.6 Å². The number of rotatable bonds is 13. The number of carboxylic acid groups (broad SMARTS) is 1.